The first-order chi connectivity index (χ1) is 15.5. The number of benzene rings is 2. The maximum absolute atomic E-state index is 13.3. The van der Waals surface area contributed by atoms with Crippen LogP contribution in [0.15, 0.2) is 58.9 Å². The van der Waals surface area contributed by atoms with Gasteiger partial charge >= 0.3 is 0 Å². The number of carbonyl (C=O) groups is 1. The normalized spacial score (nSPS) is 12.7. The molecule has 1 unspecified atom stereocenters. The molecule has 0 radical (unpaired) electrons. The van der Waals surface area contributed by atoms with Crippen LogP contribution < -0.4 is 15.9 Å². The molecule has 3 N–H and O–H groups in total. The number of nitrogens with zero attached hydrogens (tertiary/aromatic N) is 2. The van der Waals surface area contributed by atoms with E-state index in [1.807, 2.05) is 23.6 Å². The Balaban J connectivity index is 1.92. The van der Waals surface area contributed by atoms with Gasteiger partial charge in [-0.3, -0.25) is 4.79 Å². The molecule has 1 amide bonds. The average molecular weight is 451 g/mol. The Morgan fingerprint density at radius 1 is 1.09 bits per heavy atom. The van der Waals surface area contributed by atoms with E-state index in [1.165, 1.54) is 22.5 Å². The first-order valence-corrected chi connectivity index (χ1v) is 12.3. The van der Waals surface area contributed by atoms with Crippen LogP contribution >= 0.6 is 11.3 Å². The second-order valence-electron chi connectivity index (χ2n) is 8.21. The van der Waals surface area contributed by atoms with E-state index in [4.69, 9.17) is 10.7 Å². The van der Waals surface area contributed by atoms with Crippen molar-refractivity contribution in [1.29, 1.82) is 0 Å². The summed E-state index contributed by atoms with van der Waals surface area (Å²) in [6.07, 6.45) is 3.81. The van der Waals surface area contributed by atoms with E-state index >= 15 is 0 Å². The van der Waals surface area contributed by atoms with Gasteiger partial charge in [-0.15, -0.1) is 11.3 Å². The van der Waals surface area contributed by atoms with Gasteiger partial charge in [-0.25, -0.2) is 4.99 Å². The predicted molar refractivity (Wildman–Crippen MR) is 133 cm³/mol. The van der Waals surface area contributed by atoms with Crippen LogP contribution in [0.25, 0.3) is 0 Å². The Bertz CT molecular complexity index is 1060. The minimum Gasteiger partial charge on any atom is -0.344 e. The van der Waals surface area contributed by atoms with Crippen molar-refractivity contribution in [3.05, 3.63) is 81.1 Å². The summed E-state index contributed by atoms with van der Waals surface area (Å²) in [6, 6.07) is 16.4. The number of thiazole rings is 1. The molecule has 5 nitrogen and oxygen atoms in total. The molecular formula is C26H34N4OS. The van der Waals surface area contributed by atoms with Gasteiger partial charge in [-0.05, 0) is 68.5 Å². The molecule has 0 bridgehead atoms. The summed E-state index contributed by atoms with van der Waals surface area (Å²) < 4.78 is 2.06. The molecule has 0 aliphatic carbocycles. The van der Waals surface area contributed by atoms with Gasteiger partial charge in [-0.2, -0.15) is 0 Å². The number of aromatic nitrogens is 1. The Kier molecular flexibility index (Phi) is 8.82. The van der Waals surface area contributed by atoms with Crippen LogP contribution in [0.4, 0.5) is 5.69 Å². The molecule has 6 heteroatoms. The van der Waals surface area contributed by atoms with Gasteiger partial charge in [0, 0.05) is 11.9 Å². The number of amides is 1. The Hall–Kier alpha value is -2.70. The van der Waals surface area contributed by atoms with Crippen LogP contribution in [0.1, 0.15) is 65.8 Å². The van der Waals surface area contributed by atoms with Crippen molar-refractivity contribution in [2.24, 2.45) is 10.7 Å². The lowest BCUT2D eigenvalue weighted by atomic mass is 10.0. The van der Waals surface area contributed by atoms with Crippen molar-refractivity contribution in [2.45, 2.75) is 59.0 Å². The lowest BCUT2D eigenvalue weighted by Crippen LogP contribution is -2.32. The second-order valence-corrected chi connectivity index (χ2v) is 9.04. The fourth-order valence-electron chi connectivity index (χ4n) is 3.87. The summed E-state index contributed by atoms with van der Waals surface area (Å²) >= 11 is 1.52. The zero-order valence-electron chi connectivity index (χ0n) is 19.3. The highest BCUT2D eigenvalue weighted by Crippen LogP contribution is 2.19. The molecule has 32 heavy (non-hydrogen) atoms. The van der Waals surface area contributed by atoms with Crippen molar-refractivity contribution >= 4 is 22.9 Å². The third-order valence-corrected chi connectivity index (χ3v) is 6.33. The van der Waals surface area contributed by atoms with E-state index in [0.717, 1.165) is 48.3 Å². The van der Waals surface area contributed by atoms with Gasteiger partial charge in [0.2, 0.25) is 0 Å². The molecule has 170 valence electrons. The Morgan fingerprint density at radius 2 is 1.81 bits per heavy atom. The summed E-state index contributed by atoms with van der Waals surface area (Å²) in [7, 11) is 0. The number of unbranched alkanes of at least 4 members (excludes halogenated alkanes) is 2. The number of aryl methyl sites for hydroxylation is 2. The van der Waals surface area contributed by atoms with Gasteiger partial charge in [0.1, 0.15) is 5.69 Å². The molecule has 3 aromatic rings. The fourth-order valence-corrected chi connectivity index (χ4v) is 4.80. The summed E-state index contributed by atoms with van der Waals surface area (Å²) in [4.78, 5) is 19.0. The van der Waals surface area contributed by atoms with Gasteiger partial charge in [0.15, 0.2) is 4.80 Å². The van der Waals surface area contributed by atoms with Crippen LogP contribution in [0.5, 0.6) is 0 Å². The summed E-state index contributed by atoms with van der Waals surface area (Å²) in [5, 5.41) is 5.15. The van der Waals surface area contributed by atoms with Crippen molar-refractivity contribution in [2.75, 3.05) is 6.54 Å². The van der Waals surface area contributed by atoms with Crippen LogP contribution in [-0.2, 0) is 6.54 Å². The number of rotatable bonds is 10. The minimum absolute atomic E-state index is 0.0194. The van der Waals surface area contributed by atoms with Crippen LogP contribution in [0.3, 0.4) is 0 Å². The summed E-state index contributed by atoms with van der Waals surface area (Å²) in [5.41, 5.74) is 10.7. The molecular weight excluding hydrogens is 416 g/mol. The molecule has 0 spiro atoms. The van der Waals surface area contributed by atoms with Crippen LogP contribution in [0.2, 0.25) is 0 Å². The number of hydrogen-bond donors (Lipinski definition) is 2. The van der Waals surface area contributed by atoms with E-state index in [2.05, 4.69) is 61.0 Å². The third-order valence-electron chi connectivity index (χ3n) is 5.46. The molecule has 3 rings (SSSR count). The molecule has 0 aliphatic heterocycles. The lowest BCUT2D eigenvalue weighted by Gasteiger charge is -2.18. The van der Waals surface area contributed by atoms with E-state index < -0.39 is 0 Å². The van der Waals surface area contributed by atoms with Gasteiger partial charge in [0.25, 0.3) is 5.91 Å². The Labute approximate surface area is 195 Å². The highest BCUT2D eigenvalue weighted by atomic mass is 32.1. The topological polar surface area (TPSA) is 72.4 Å². The molecule has 1 aromatic heterocycles. The van der Waals surface area contributed by atoms with Crippen LogP contribution in [0, 0.1) is 13.8 Å². The van der Waals surface area contributed by atoms with Gasteiger partial charge in [0.05, 0.1) is 11.7 Å². The van der Waals surface area contributed by atoms with Crippen molar-refractivity contribution in [3.63, 3.8) is 0 Å². The molecule has 0 fully saturated rings. The maximum Gasteiger partial charge on any atom is 0.269 e. The first-order valence-electron chi connectivity index (χ1n) is 11.4. The zero-order valence-corrected chi connectivity index (χ0v) is 20.1. The molecule has 1 atom stereocenters. The average Bonchev–Trinajstić information content (AvgIpc) is 3.17. The second kappa shape index (κ2) is 11.8. The largest absolute Gasteiger partial charge is 0.344 e. The smallest absolute Gasteiger partial charge is 0.269 e. The van der Waals surface area contributed by atoms with Gasteiger partial charge < -0.3 is 15.6 Å². The first kappa shape index (κ1) is 24.0. The summed E-state index contributed by atoms with van der Waals surface area (Å²) in [6.45, 7) is 7.69. The molecule has 0 saturated heterocycles. The fraction of sp³-hybridized carbons (Fsp3) is 0.385. The standard InChI is InChI=1S/C26H34N4OS/c1-4-23(21-11-7-5-8-12-21)29-25(31)24-18-32-26(30(24)14-10-6-9-13-27)28-22-16-19(2)15-20(3)17-22/h5,7-8,11-12,15-18,23H,4,6,9-10,13-14,27H2,1-3H3,(H,29,31)/b28-26-. The third kappa shape index (κ3) is 6.40. The highest BCUT2D eigenvalue weighted by Gasteiger charge is 2.18. The Morgan fingerprint density at radius 3 is 2.47 bits per heavy atom. The lowest BCUT2D eigenvalue weighted by molar-refractivity contribution is 0.0925. The number of carbonyl (C=O) groups excluding carboxylic acids is 1. The quantitative estimate of drug-likeness (QED) is 0.405. The molecule has 1 heterocycles. The molecule has 0 aliphatic rings. The molecule has 0 saturated carbocycles. The highest BCUT2D eigenvalue weighted by molar-refractivity contribution is 7.07. The van der Waals surface area contributed by atoms with Crippen LogP contribution in [-0.4, -0.2) is 17.0 Å². The van der Waals surface area contributed by atoms with E-state index in [9.17, 15) is 4.79 Å². The van der Waals surface area contributed by atoms with E-state index in [-0.39, 0.29) is 11.9 Å². The monoisotopic (exact) mass is 450 g/mol. The minimum atomic E-state index is -0.0577. The van der Waals surface area contributed by atoms with Crippen molar-refractivity contribution < 1.29 is 4.79 Å². The zero-order chi connectivity index (χ0) is 22.9. The molecule has 2 aromatic carbocycles. The van der Waals surface area contributed by atoms with E-state index in [0.29, 0.717) is 12.2 Å². The predicted octanol–water partition coefficient (Wildman–Crippen LogP) is 5.41. The van der Waals surface area contributed by atoms with Crippen molar-refractivity contribution in [1.82, 2.24) is 9.88 Å². The summed E-state index contributed by atoms with van der Waals surface area (Å²) in [5.74, 6) is -0.0577. The van der Waals surface area contributed by atoms with Gasteiger partial charge in [-0.1, -0.05) is 49.7 Å². The number of nitrogens with two attached hydrogens (primary N) is 1. The maximum atomic E-state index is 13.3. The number of hydrogen-bond acceptors (Lipinski definition) is 4. The van der Waals surface area contributed by atoms with Crippen molar-refractivity contribution in [3.8, 4) is 0 Å². The number of nitrogens with one attached hydrogen (secondary N) is 1. The van der Waals surface area contributed by atoms with E-state index in [1.54, 1.807) is 0 Å². The SMILES string of the molecule is CCC(NC(=O)c1cs/c(=N\c2cc(C)cc(C)c2)n1CCCCCN)c1ccccc1.